The SMILES string of the molecule is C[C@H]1c2c(C(F)(F)F)nn(CCc3cnoc3)c2CC1(C)F. The van der Waals surface area contributed by atoms with Gasteiger partial charge in [-0.25, -0.2) is 4.39 Å². The summed E-state index contributed by atoms with van der Waals surface area (Å²) in [6.07, 6.45) is -1.30. The van der Waals surface area contributed by atoms with Crippen LogP contribution in [0.5, 0.6) is 0 Å². The van der Waals surface area contributed by atoms with E-state index in [1.54, 1.807) is 0 Å². The van der Waals surface area contributed by atoms with E-state index in [1.165, 1.54) is 31.0 Å². The summed E-state index contributed by atoms with van der Waals surface area (Å²) in [6.45, 7) is 3.04. The number of alkyl halides is 4. The number of fused-ring (bicyclic) bond motifs is 1. The standard InChI is InChI=1S/C14H15F4N3O/c1-8-11-10(5-13(8,2)15)21(20-12(11)14(16,17)18)4-3-9-6-19-22-7-9/h6-8H,3-5H2,1-2H3/t8-,13?/m0/s1. The molecule has 2 aromatic rings. The highest BCUT2D eigenvalue weighted by molar-refractivity contribution is 5.40. The third-order valence-electron chi connectivity index (χ3n) is 4.31. The van der Waals surface area contributed by atoms with Crippen molar-refractivity contribution in [2.24, 2.45) is 0 Å². The van der Waals surface area contributed by atoms with E-state index < -0.39 is 23.5 Å². The Bertz CT molecular complexity index is 673. The van der Waals surface area contributed by atoms with Crippen LogP contribution in [0.1, 0.15) is 42.3 Å². The lowest BCUT2D eigenvalue weighted by Crippen LogP contribution is -2.25. The molecule has 2 heterocycles. The molecule has 0 N–H and O–H groups in total. The van der Waals surface area contributed by atoms with Crippen molar-refractivity contribution in [1.82, 2.24) is 14.9 Å². The van der Waals surface area contributed by atoms with Gasteiger partial charge in [-0.2, -0.15) is 18.3 Å². The molecule has 2 aromatic heterocycles. The van der Waals surface area contributed by atoms with E-state index in [1.807, 2.05) is 0 Å². The van der Waals surface area contributed by atoms with Crippen LogP contribution >= 0.6 is 0 Å². The molecule has 0 spiro atoms. The number of hydrogen-bond donors (Lipinski definition) is 0. The third-order valence-corrected chi connectivity index (χ3v) is 4.31. The van der Waals surface area contributed by atoms with E-state index in [4.69, 9.17) is 0 Å². The van der Waals surface area contributed by atoms with Crippen LogP contribution in [0.25, 0.3) is 0 Å². The van der Waals surface area contributed by atoms with Crippen molar-refractivity contribution >= 4 is 0 Å². The second-order valence-corrected chi connectivity index (χ2v) is 5.89. The first-order valence-corrected chi connectivity index (χ1v) is 6.94. The molecule has 1 aliphatic rings. The summed E-state index contributed by atoms with van der Waals surface area (Å²) >= 11 is 0. The van der Waals surface area contributed by atoms with Crippen LogP contribution in [0.15, 0.2) is 17.0 Å². The Labute approximate surface area is 124 Å². The van der Waals surface area contributed by atoms with Crippen molar-refractivity contribution < 1.29 is 22.1 Å². The van der Waals surface area contributed by atoms with Gasteiger partial charge in [0, 0.05) is 35.7 Å². The van der Waals surface area contributed by atoms with Gasteiger partial charge in [0.05, 0.1) is 6.20 Å². The summed E-state index contributed by atoms with van der Waals surface area (Å²) in [5.74, 6) is -0.830. The van der Waals surface area contributed by atoms with Crippen LogP contribution in [0.4, 0.5) is 17.6 Å². The van der Waals surface area contributed by atoms with Gasteiger partial charge in [0.25, 0.3) is 0 Å². The second kappa shape index (κ2) is 4.82. The Balaban J connectivity index is 1.97. The summed E-state index contributed by atoms with van der Waals surface area (Å²) in [6, 6.07) is 0. The maximum absolute atomic E-state index is 14.5. The molecule has 1 aliphatic carbocycles. The molecule has 120 valence electrons. The fourth-order valence-electron chi connectivity index (χ4n) is 2.91. The van der Waals surface area contributed by atoms with Crippen molar-refractivity contribution in [2.45, 2.75) is 51.0 Å². The third kappa shape index (κ3) is 2.40. The van der Waals surface area contributed by atoms with Gasteiger partial charge in [-0.15, -0.1) is 0 Å². The van der Waals surface area contributed by atoms with E-state index in [2.05, 4.69) is 14.8 Å². The number of aromatic nitrogens is 3. The summed E-state index contributed by atoms with van der Waals surface area (Å²) in [7, 11) is 0. The molecule has 0 saturated carbocycles. The van der Waals surface area contributed by atoms with Crippen molar-refractivity contribution in [3.63, 3.8) is 0 Å². The van der Waals surface area contributed by atoms with Gasteiger partial charge in [0.15, 0.2) is 5.69 Å². The number of hydrogen-bond acceptors (Lipinski definition) is 3. The van der Waals surface area contributed by atoms with Gasteiger partial charge >= 0.3 is 6.18 Å². The maximum Gasteiger partial charge on any atom is 0.435 e. The minimum Gasteiger partial charge on any atom is -0.364 e. The van der Waals surface area contributed by atoms with Gasteiger partial charge in [0.2, 0.25) is 0 Å². The number of rotatable bonds is 3. The molecule has 0 bridgehead atoms. The molecule has 0 radical (unpaired) electrons. The molecule has 0 aliphatic heterocycles. The summed E-state index contributed by atoms with van der Waals surface area (Å²) < 4.78 is 59.9. The van der Waals surface area contributed by atoms with Crippen molar-refractivity contribution in [3.8, 4) is 0 Å². The Kier molecular flexibility index (Phi) is 3.30. The van der Waals surface area contributed by atoms with Crippen LogP contribution < -0.4 is 0 Å². The van der Waals surface area contributed by atoms with E-state index in [-0.39, 0.29) is 18.5 Å². The lowest BCUT2D eigenvalue weighted by Gasteiger charge is -2.20. The molecule has 0 saturated heterocycles. The largest absolute Gasteiger partial charge is 0.435 e. The Morgan fingerprint density at radius 1 is 1.45 bits per heavy atom. The van der Waals surface area contributed by atoms with Crippen molar-refractivity contribution in [1.29, 1.82) is 0 Å². The first-order valence-electron chi connectivity index (χ1n) is 6.94. The van der Waals surface area contributed by atoms with Gasteiger partial charge in [-0.05, 0) is 13.3 Å². The van der Waals surface area contributed by atoms with Gasteiger partial charge < -0.3 is 4.52 Å². The summed E-state index contributed by atoms with van der Waals surface area (Å²) in [5.41, 5.74) is -1.58. The smallest absolute Gasteiger partial charge is 0.364 e. The van der Waals surface area contributed by atoms with Gasteiger partial charge in [0.1, 0.15) is 11.9 Å². The highest BCUT2D eigenvalue weighted by Gasteiger charge is 2.50. The Hall–Kier alpha value is -1.86. The average molecular weight is 317 g/mol. The zero-order chi connectivity index (χ0) is 16.1. The highest BCUT2D eigenvalue weighted by atomic mass is 19.4. The Morgan fingerprint density at radius 2 is 2.18 bits per heavy atom. The highest BCUT2D eigenvalue weighted by Crippen LogP contribution is 2.48. The molecule has 1 unspecified atom stereocenters. The topological polar surface area (TPSA) is 43.9 Å². The minimum absolute atomic E-state index is 0.0113. The quantitative estimate of drug-likeness (QED) is 0.814. The monoisotopic (exact) mass is 317 g/mol. The van der Waals surface area contributed by atoms with Crippen LogP contribution in [-0.2, 0) is 25.6 Å². The molecule has 2 atom stereocenters. The lowest BCUT2D eigenvalue weighted by atomic mass is 9.92. The van der Waals surface area contributed by atoms with Crippen LogP contribution in [0.2, 0.25) is 0 Å². The molecular formula is C14H15F4N3O. The van der Waals surface area contributed by atoms with E-state index in [0.29, 0.717) is 12.1 Å². The fraction of sp³-hybridized carbons (Fsp3) is 0.571. The van der Waals surface area contributed by atoms with Crippen molar-refractivity contribution in [3.05, 3.63) is 35.0 Å². The first kappa shape index (κ1) is 15.1. The summed E-state index contributed by atoms with van der Waals surface area (Å²) in [5, 5.41) is 7.23. The maximum atomic E-state index is 14.5. The fourth-order valence-corrected chi connectivity index (χ4v) is 2.91. The predicted molar refractivity (Wildman–Crippen MR) is 69.1 cm³/mol. The van der Waals surface area contributed by atoms with Crippen molar-refractivity contribution in [2.75, 3.05) is 0 Å². The molecule has 0 aromatic carbocycles. The summed E-state index contributed by atoms with van der Waals surface area (Å²) in [4.78, 5) is 0. The van der Waals surface area contributed by atoms with E-state index in [0.717, 1.165) is 5.56 Å². The Morgan fingerprint density at radius 3 is 2.77 bits per heavy atom. The number of nitrogens with zero attached hydrogens (tertiary/aromatic N) is 3. The first-order chi connectivity index (χ1) is 10.2. The molecule has 0 amide bonds. The molecule has 0 fully saturated rings. The molecular weight excluding hydrogens is 302 g/mol. The number of aryl methyl sites for hydroxylation is 2. The van der Waals surface area contributed by atoms with E-state index in [9.17, 15) is 17.6 Å². The van der Waals surface area contributed by atoms with Crippen LogP contribution in [0, 0.1) is 0 Å². The zero-order valence-corrected chi connectivity index (χ0v) is 12.1. The number of halogens is 4. The van der Waals surface area contributed by atoms with Crippen LogP contribution in [-0.4, -0.2) is 20.6 Å². The van der Waals surface area contributed by atoms with Gasteiger partial charge in [-0.3, -0.25) is 4.68 Å². The van der Waals surface area contributed by atoms with Gasteiger partial charge in [-0.1, -0.05) is 12.1 Å². The molecule has 22 heavy (non-hydrogen) atoms. The normalized spacial score (nSPS) is 24.7. The second-order valence-electron chi connectivity index (χ2n) is 5.89. The zero-order valence-electron chi connectivity index (χ0n) is 12.1. The van der Waals surface area contributed by atoms with E-state index >= 15 is 0 Å². The molecule has 3 rings (SSSR count). The average Bonchev–Trinajstić information content (AvgIpc) is 3.06. The van der Waals surface area contributed by atoms with Crippen LogP contribution in [0.3, 0.4) is 0 Å². The molecule has 8 heteroatoms. The molecule has 4 nitrogen and oxygen atoms in total. The predicted octanol–water partition coefficient (Wildman–Crippen LogP) is 3.52. The lowest BCUT2D eigenvalue weighted by molar-refractivity contribution is -0.142. The minimum atomic E-state index is -4.58.